The van der Waals surface area contributed by atoms with Crippen molar-refractivity contribution in [2.75, 3.05) is 38.2 Å². The molecule has 8 heteroatoms. The van der Waals surface area contributed by atoms with Gasteiger partial charge in [0.2, 0.25) is 11.9 Å². The first-order valence-electron chi connectivity index (χ1n) is 9.80. The summed E-state index contributed by atoms with van der Waals surface area (Å²) in [6.45, 7) is 2.99. The van der Waals surface area contributed by atoms with Gasteiger partial charge in [-0.15, -0.1) is 10.2 Å². The highest BCUT2D eigenvalue weighted by atomic mass is 35.5. The van der Waals surface area contributed by atoms with Crippen molar-refractivity contribution >= 4 is 29.1 Å². The van der Waals surface area contributed by atoms with E-state index in [0.29, 0.717) is 18.0 Å². The van der Waals surface area contributed by atoms with Crippen LogP contribution in [0.4, 0.5) is 5.95 Å². The molecule has 1 aromatic carbocycles. The molecular formula is C21H24ClN5O2. The van der Waals surface area contributed by atoms with Crippen molar-refractivity contribution in [1.29, 1.82) is 0 Å². The molecule has 4 rings (SSSR count). The number of halogens is 1. The number of benzene rings is 1. The van der Waals surface area contributed by atoms with Gasteiger partial charge >= 0.3 is 0 Å². The summed E-state index contributed by atoms with van der Waals surface area (Å²) in [5, 5.41) is 9.19. The molecule has 0 atom stereocenters. The molecule has 0 unspecified atom stereocenters. The minimum absolute atomic E-state index is 0.191. The Bertz CT molecular complexity index is 988. The molecule has 3 heterocycles. The van der Waals surface area contributed by atoms with E-state index >= 15 is 0 Å². The van der Waals surface area contributed by atoms with E-state index in [0.717, 1.165) is 55.4 Å². The van der Waals surface area contributed by atoms with Crippen molar-refractivity contribution in [2.45, 2.75) is 19.3 Å². The number of methoxy groups -OCH3 is 1. The Labute approximate surface area is 174 Å². The first-order valence-corrected chi connectivity index (χ1v) is 10.2. The summed E-state index contributed by atoms with van der Waals surface area (Å²) in [6, 6.07) is 11.5. The van der Waals surface area contributed by atoms with E-state index in [9.17, 15) is 4.79 Å². The van der Waals surface area contributed by atoms with Crippen molar-refractivity contribution in [3.63, 3.8) is 0 Å². The highest BCUT2D eigenvalue weighted by Crippen LogP contribution is 2.19. The van der Waals surface area contributed by atoms with Crippen LogP contribution in [0.5, 0.6) is 5.75 Å². The average molecular weight is 414 g/mol. The van der Waals surface area contributed by atoms with Crippen LogP contribution in [-0.4, -0.2) is 58.7 Å². The molecule has 1 aliphatic rings. The maximum atomic E-state index is 12.7. The van der Waals surface area contributed by atoms with Crippen molar-refractivity contribution in [1.82, 2.24) is 19.5 Å². The van der Waals surface area contributed by atoms with Crippen molar-refractivity contribution in [2.24, 2.45) is 0 Å². The van der Waals surface area contributed by atoms with Crippen LogP contribution < -0.4 is 9.64 Å². The van der Waals surface area contributed by atoms with Crippen LogP contribution in [0.1, 0.15) is 18.4 Å². The van der Waals surface area contributed by atoms with E-state index in [1.807, 2.05) is 45.8 Å². The zero-order valence-corrected chi connectivity index (χ0v) is 17.2. The third kappa shape index (κ3) is 4.45. The molecule has 2 aromatic heterocycles. The second kappa shape index (κ2) is 8.69. The number of hydrogen-bond donors (Lipinski definition) is 0. The Hall–Kier alpha value is -2.80. The molecule has 7 nitrogen and oxygen atoms in total. The van der Waals surface area contributed by atoms with Gasteiger partial charge in [0.1, 0.15) is 5.75 Å². The second-order valence-corrected chi connectivity index (χ2v) is 7.58. The normalized spacial score (nSPS) is 14.8. The number of fused-ring (bicyclic) bond motifs is 1. The molecule has 152 valence electrons. The number of anilines is 1. The summed E-state index contributed by atoms with van der Waals surface area (Å²) in [6.07, 6.45) is 3.96. The van der Waals surface area contributed by atoms with E-state index in [4.69, 9.17) is 16.3 Å². The lowest BCUT2D eigenvalue weighted by atomic mass is 10.1. The number of hydrogen-bond acceptors (Lipinski definition) is 5. The monoisotopic (exact) mass is 413 g/mol. The van der Waals surface area contributed by atoms with E-state index in [1.165, 1.54) is 0 Å². The van der Waals surface area contributed by atoms with Gasteiger partial charge in [0.15, 0.2) is 5.65 Å². The van der Waals surface area contributed by atoms with Gasteiger partial charge in [0, 0.05) is 38.8 Å². The highest BCUT2D eigenvalue weighted by Gasteiger charge is 2.22. The van der Waals surface area contributed by atoms with E-state index in [1.54, 1.807) is 13.2 Å². The third-order valence-corrected chi connectivity index (χ3v) is 5.49. The number of aromatic nitrogens is 3. The summed E-state index contributed by atoms with van der Waals surface area (Å²) < 4.78 is 7.09. The molecule has 1 aliphatic heterocycles. The Kier molecular flexibility index (Phi) is 5.85. The Morgan fingerprint density at radius 1 is 1.07 bits per heavy atom. The van der Waals surface area contributed by atoms with Gasteiger partial charge < -0.3 is 14.5 Å². The van der Waals surface area contributed by atoms with Crippen molar-refractivity contribution < 1.29 is 9.53 Å². The summed E-state index contributed by atoms with van der Waals surface area (Å²) in [5.74, 6) is 1.79. The van der Waals surface area contributed by atoms with Crippen LogP contribution in [0.2, 0.25) is 5.02 Å². The molecule has 0 N–H and O–H groups in total. The molecule has 0 aliphatic carbocycles. The van der Waals surface area contributed by atoms with E-state index < -0.39 is 0 Å². The molecule has 29 heavy (non-hydrogen) atoms. The predicted octanol–water partition coefficient (Wildman–Crippen LogP) is 3.06. The molecule has 3 aromatic rings. The Morgan fingerprint density at radius 2 is 1.90 bits per heavy atom. The number of carbonyl (C=O) groups excluding carboxylic acids is 1. The largest absolute Gasteiger partial charge is 0.497 e. The first-order chi connectivity index (χ1) is 14.1. The molecule has 0 spiro atoms. The van der Waals surface area contributed by atoms with Gasteiger partial charge in [-0.3, -0.25) is 9.20 Å². The number of aryl methyl sites for hydroxylation is 1. The van der Waals surface area contributed by atoms with Gasteiger partial charge in [-0.2, -0.15) is 0 Å². The van der Waals surface area contributed by atoms with Gasteiger partial charge in [0.05, 0.1) is 12.1 Å². The lowest BCUT2D eigenvalue weighted by molar-refractivity contribution is -0.130. The number of ether oxygens (including phenoxy) is 1. The van der Waals surface area contributed by atoms with Crippen LogP contribution in [0, 0.1) is 0 Å². The van der Waals surface area contributed by atoms with Crippen molar-refractivity contribution in [3.8, 4) is 5.75 Å². The zero-order valence-electron chi connectivity index (χ0n) is 16.4. The van der Waals surface area contributed by atoms with Gasteiger partial charge in [-0.05, 0) is 42.7 Å². The van der Waals surface area contributed by atoms with Gasteiger partial charge in [0.25, 0.3) is 0 Å². The molecule has 1 fully saturated rings. The number of nitrogens with zero attached hydrogens (tertiary/aromatic N) is 5. The number of amides is 1. The second-order valence-electron chi connectivity index (χ2n) is 7.14. The van der Waals surface area contributed by atoms with Crippen LogP contribution in [0.3, 0.4) is 0 Å². The highest BCUT2D eigenvalue weighted by molar-refractivity contribution is 6.30. The van der Waals surface area contributed by atoms with Crippen LogP contribution in [-0.2, 0) is 11.2 Å². The fourth-order valence-corrected chi connectivity index (χ4v) is 3.80. The molecule has 0 radical (unpaired) electrons. The first kappa shape index (κ1) is 19.5. The van der Waals surface area contributed by atoms with Crippen LogP contribution in [0.15, 0.2) is 42.6 Å². The van der Waals surface area contributed by atoms with E-state index in [-0.39, 0.29) is 5.91 Å². The summed E-state index contributed by atoms with van der Waals surface area (Å²) >= 11 is 6.13. The predicted molar refractivity (Wildman–Crippen MR) is 113 cm³/mol. The summed E-state index contributed by atoms with van der Waals surface area (Å²) in [5.41, 5.74) is 1.91. The number of rotatable bonds is 5. The Morgan fingerprint density at radius 3 is 2.69 bits per heavy atom. The minimum Gasteiger partial charge on any atom is -0.497 e. The van der Waals surface area contributed by atoms with Crippen LogP contribution >= 0.6 is 11.6 Å². The summed E-state index contributed by atoms with van der Waals surface area (Å²) in [7, 11) is 1.65. The number of pyridine rings is 1. The van der Waals surface area contributed by atoms with Crippen molar-refractivity contribution in [3.05, 3.63) is 53.2 Å². The number of carbonyl (C=O) groups is 1. The quantitative estimate of drug-likeness (QED) is 0.643. The lowest BCUT2D eigenvalue weighted by Gasteiger charge is -2.22. The minimum atomic E-state index is 0.191. The smallest absolute Gasteiger partial charge is 0.231 e. The fourth-order valence-electron chi connectivity index (χ4n) is 3.64. The molecule has 0 bridgehead atoms. The van der Waals surface area contributed by atoms with E-state index in [2.05, 4.69) is 15.1 Å². The lowest BCUT2D eigenvalue weighted by Crippen LogP contribution is -2.35. The summed E-state index contributed by atoms with van der Waals surface area (Å²) in [4.78, 5) is 16.9. The molecular weight excluding hydrogens is 390 g/mol. The standard InChI is InChI=1S/C21H24ClN5O2/c1-29-18-7-3-16(4-8-18)5-10-20(28)25-11-2-12-26(14-13-25)21-24-23-19-9-6-17(22)15-27(19)21/h3-4,6-9,15H,2,5,10-14H2,1H3. The average Bonchev–Trinajstić information content (AvgIpc) is 3.00. The molecule has 1 saturated heterocycles. The van der Waals surface area contributed by atoms with Gasteiger partial charge in [-0.1, -0.05) is 23.7 Å². The maximum Gasteiger partial charge on any atom is 0.231 e. The topological polar surface area (TPSA) is 63.0 Å². The van der Waals surface area contributed by atoms with Gasteiger partial charge in [-0.25, -0.2) is 0 Å². The van der Waals surface area contributed by atoms with Crippen LogP contribution in [0.25, 0.3) is 5.65 Å². The zero-order chi connectivity index (χ0) is 20.2. The maximum absolute atomic E-state index is 12.7. The molecule has 0 saturated carbocycles. The Balaban J connectivity index is 1.36. The SMILES string of the molecule is COc1ccc(CCC(=O)N2CCCN(c3nnc4ccc(Cl)cn34)CC2)cc1. The fraction of sp³-hybridized carbons (Fsp3) is 0.381. The molecule has 1 amide bonds. The third-order valence-electron chi connectivity index (χ3n) is 5.27.